The van der Waals surface area contributed by atoms with Crippen LogP contribution in [0.15, 0.2) is 12.5 Å². The number of H-pyrrole nitrogens is 1. The summed E-state index contributed by atoms with van der Waals surface area (Å²) in [6.07, 6.45) is 2.23. The Hall–Kier alpha value is -3.52. The fourth-order valence-corrected chi connectivity index (χ4v) is 2.26. The minimum Gasteiger partial charge on any atom is -0.481 e. The van der Waals surface area contributed by atoms with Crippen LogP contribution in [-0.2, 0) is 30.4 Å². The van der Waals surface area contributed by atoms with Gasteiger partial charge in [-0.15, -0.1) is 0 Å². The van der Waals surface area contributed by atoms with Crippen LogP contribution in [0, 0.1) is 0 Å². The number of imidazole rings is 1. The van der Waals surface area contributed by atoms with Crippen LogP contribution >= 0.6 is 0 Å². The highest BCUT2D eigenvalue weighted by Crippen LogP contribution is 2.00. The van der Waals surface area contributed by atoms with Gasteiger partial charge in [0, 0.05) is 24.7 Å². The lowest BCUT2D eigenvalue weighted by atomic mass is 10.1. The number of nitrogens with zero attached hydrogens (tertiary/aromatic N) is 1. The summed E-state index contributed by atoms with van der Waals surface area (Å²) in [5, 5.41) is 33.1. The SMILES string of the molecule is N[C@@H](Cc1cnc[nH]1)C(=O)NCC(=O)N[C@@H](CCC(=O)O)C(=O)N[C@@H](CO)C(=O)O. The van der Waals surface area contributed by atoms with Crippen LogP contribution in [0.2, 0.25) is 0 Å². The molecule has 1 rings (SSSR count). The molecule has 14 nitrogen and oxygen atoms in total. The number of carboxylic acids is 2. The number of hydrogen-bond acceptors (Lipinski definition) is 8. The normalized spacial score (nSPS) is 13.5. The maximum absolute atomic E-state index is 12.2. The van der Waals surface area contributed by atoms with Gasteiger partial charge in [0.15, 0.2) is 0 Å². The number of aliphatic carboxylic acids is 2. The Morgan fingerprint density at radius 2 is 1.80 bits per heavy atom. The number of hydrogen-bond donors (Lipinski definition) is 8. The topological polar surface area (TPSA) is 237 Å². The second-order valence-electron chi connectivity index (χ2n) is 6.24. The van der Waals surface area contributed by atoms with Crippen LogP contribution in [0.1, 0.15) is 18.5 Å². The van der Waals surface area contributed by atoms with E-state index in [0.717, 1.165) is 0 Å². The van der Waals surface area contributed by atoms with Crippen LogP contribution in [0.5, 0.6) is 0 Å². The molecule has 0 aromatic carbocycles. The molecule has 0 aliphatic heterocycles. The standard InChI is InChI=1S/C16H24N6O8/c17-9(3-8-4-18-7-20-8)14(27)19-5-12(24)21-10(1-2-13(25)26)15(28)22-11(6-23)16(29)30/h4,7,9-11,23H,1-3,5-6,17H2,(H,18,20)(H,19,27)(H,21,24)(H,22,28)(H,25,26)(H,29,30)/t9-,10-,11-/m0/s1. The molecule has 30 heavy (non-hydrogen) atoms. The second-order valence-corrected chi connectivity index (χ2v) is 6.24. The largest absolute Gasteiger partial charge is 0.481 e. The third-order valence-electron chi connectivity index (χ3n) is 3.85. The summed E-state index contributed by atoms with van der Waals surface area (Å²) in [6.45, 7) is -1.44. The zero-order valence-corrected chi connectivity index (χ0v) is 15.8. The van der Waals surface area contributed by atoms with Gasteiger partial charge in [0.1, 0.15) is 12.1 Å². The summed E-state index contributed by atoms with van der Waals surface area (Å²) in [7, 11) is 0. The van der Waals surface area contributed by atoms with E-state index in [1.165, 1.54) is 12.5 Å². The lowest BCUT2D eigenvalue weighted by Gasteiger charge is -2.20. The van der Waals surface area contributed by atoms with E-state index in [4.69, 9.17) is 21.1 Å². The zero-order chi connectivity index (χ0) is 22.7. The van der Waals surface area contributed by atoms with Crippen molar-refractivity contribution in [2.75, 3.05) is 13.2 Å². The summed E-state index contributed by atoms with van der Waals surface area (Å²) >= 11 is 0. The molecule has 9 N–H and O–H groups in total. The first-order valence-electron chi connectivity index (χ1n) is 8.79. The molecular weight excluding hydrogens is 404 g/mol. The lowest BCUT2D eigenvalue weighted by Crippen LogP contribution is -2.54. The van der Waals surface area contributed by atoms with Crippen molar-refractivity contribution in [1.82, 2.24) is 25.9 Å². The van der Waals surface area contributed by atoms with Gasteiger partial charge in [-0.2, -0.15) is 0 Å². The van der Waals surface area contributed by atoms with Gasteiger partial charge in [0.25, 0.3) is 0 Å². The first kappa shape index (κ1) is 24.5. The van der Waals surface area contributed by atoms with E-state index in [2.05, 4.69) is 20.6 Å². The maximum Gasteiger partial charge on any atom is 0.328 e. The smallest absolute Gasteiger partial charge is 0.328 e. The van der Waals surface area contributed by atoms with Gasteiger partial charge < -0.3 is 42.0 Å². The molecule has 14 heteroatoms. The molecule has 0 saturated carbocycles. The third-order valence-corrected chi connectivity index (χ3v) is 3.85. The maximum atomic E-state index is 12.2. The van der Waals surface area contributed by atoms with Crippen molar-refractivity contribution in [2.45, 2.75) is 37.4 Å². The predicted molar refractivity (Wildman–Crippen MR) is 98.7 cm³/mol. The number of carbonyl (C=O) groups excluding carboxylic acids is 3. The van der Waals surface area contributed by atoms with Crippen LogP contribution in [0.4, 0.5) is 0 Å². The van der Waals surface area contributed by atoms with E-state index in [1.54, 1.807) is 0 Å². The van der Waals surface area contributed by atoms with Gasteiger partial charge in [0.2, 0.25) is 17.7 Å². The molecule has 0 spiro atoms. The Morgan fingerprint density at radius 3 is 2.33 bits per heavy atom. The quantitative estimate of drug-likeness (QED) is 0.153. The third kappa shape index (κ3) is 8.66. The molecule has 3 atom stereocenters. The van der Waals surface area contributed by atoms with Crippen LogP contribution < -0.4 is 21.7 Å². The number of carbonyl (C=O) groups is 5. The van der Waals surface area contributed by atoms with Gasteiger partial charge >= 0.3 is 11.9 Å². The van der Waals surface area contributed by atoms with Crippen molar-refractivity contribution in [3.63, 3.8) is 0 Å². The Morgan fingerprint density at radius 1 is 1.10 bits per heavy atom. The van der Waals surface area contributed by atoms with Crippen LogP contribution in [-0.4, -0.2) is 86.2 Å². The lowest BCUT2D eigenvalue weighted by molar-refractivity contribution is -0.144. The van der Waals surface area contributed by atoms with E-state index < -0.39 is 67.4 Å². The number of aromatic nitrogens is 2. The van der Waals surface area contributed by atoms with Crippen molar-refractivity contribution in [2.24, 2.45) is 5.73 Å². The molecule has 1 aromatic heterocycles. The minimum atomic E-state index is -1.62. The molecule has 0 aliphatic carbocycles. The van der Waals surface area contributed by atoms with Crippen LogP contribution in [0.25, 0.3) is 0 Å². The Balaban J connectivity index is 2.60. The average Bonchev–Trinajstić information content (AvgIpc) is 3.19. The summed E-state index contributed by atoms with van der Waals surface area (Å²) in [6, 6.07) is -3.98. The monoisotopic (exact) mass is 428 g/mol. The number of carboxylic acid groups (broad SMARTS) is 2. The van der Waals surface area contributed by atoms with Crippen molar-refractivity contribution in [1.29, 1.82) is 0 Å². The molecule has 0 radical (unpaired) electrons. The molecule has 0 fully saturated rings. The molecule has 0 bridgehead atoms. The fraction of sp³-hybridized carbons (Fsp3) is 0.500. The number of nitrogens with one attached hydrogen (secondary N) is 4. The molecule has 0 unspecified atom stereocenters. The van der Waals surface area contributed by atoms with Gasteiger partial charge in [-0.05, 0) is 6.42 Å². The number of aliphatic hydroxyl groups is 1. The highest BCUT2D eigenvalue weighted by Gasteiger charge is 2.27. The van der Waals surface area contributed by atoms with E-state index >= 15 is 0 Å². The van der Waals surface area contributed by atoms with Gasteiger partial charge in [0.05, 0.1) is 25.5 Å². The van der Waals surface area contributed by atoms with Crippen molar-refractivity contribution in [3.8, 4) is 0 Å². The minimum absolute atomic E-state index is 0.148. The predicted octanol–water partition coefficient (Wildman–Crippen LogP) is -3.69. The van der Waals surface area contributed by atoms with E-state index in [9.17, 15) is 24.0 Å². The summed E-state index contributed by atoms with van der Waals surface area (Å²) < 4.78 is 0. The first-order valence-corrected chi connectivity index (χ1v) is 8.79. The molecule has 0 saturated heterocycles. The van der Waals surface area contributed by atoms with E-state index in [-0.39, 0.29) is 12.8 Å². The molecule has 166 valence electrons. The number of aromatic amines is 1. The number of rotatable bonds is 13. The summed E-state index contributed by atoms with van der Waals surface area (Å²) in [4.78, 5) is 64.4. The number of aliphatic hydroxyl groups excluding tert-OH is 1. The molecule has 1 heterocycles. The van der Waals surface area contributed by atoms with Gasteiger partial charge in [-0.3, -0.25) is 19.2 Å². The number of nitrogens with two attached hydrogens (primary N) is 1. The highest BCUT2D eigenvalue weighted by atomic mass is 16.4. The Kier molecular flexibility index (Phi) is 9.91. The van der Waals surface area contributed by atoms with Gasteiger partial charge in [-0.1, -0.05) is 0 Å². The second kappa shape index (κ2) is 12.1. The van der Waals surface area contributed by atoms with Crippen molar-refractivity contribution < 1.29 is 39.3 Å². The van der Waals surface area contributed by atoms with E-state index in [0.29, 0.717) is 5.69 Å². The van der Waals surface area contributed by atoms with Gasteiger partial charge in [-0.25, -0.2) is 9.78 Å². The summed E-state index contributed by atoms with van der Waals surface area (Å²) in [5.74, 6) is -5.20. The Labute approximate surface area is 170 Å². The molecule has 1 aromatic rings. The zero-order valence-electron chi connectivity index (χ0n) is 15.8. The molecule has 0 aliphatic rings. The van der Waals surface area contributed by atoms with Crippen molar-refractivity contribution in [3.05, 3.63) is 18.2 Å². The molecule has 3 amide bonds. The fourth-order valence-electron chi connectivity index (χ4n) is 2.26. The van der Waals surface area contributed by atoms with Crippen LogP contribution in [0.3, 0.4) is 0 Å². The summed E-state index contributed by atoms with van der Waals surface area (Å²) in [5.41, 5.74) is 6.34. The van der Waals surface area contributed by atoms with E-state index in [1.807, 2.05) is 5.32 Å². The Bertz CT molecular complexity index is 753. The number of amides is 3. The molecular formula is C16H24N6O8. The first-order chi connectivity index (χ1) is 14.1. The van der Waals surface area contributed by atoms with Crippen molar-refractivity contribution >= 4 is 29.7 Å². The highest BCUT2D eigenvalue weighted by molar-refractivity contribution is 5.92. The average molecular weight is 428 g/mol.